The standard InChI is InChI=1S/C21H20ClNO4/c22-18-9-5-4-6-16(18)10-11-19(24)27-20(17-7-2-1-3-8-17)21(25)23-12-14-26-15-13-23/h1-11,20H,12-15H2/b11-10+/t20-/m1/s1. The van der Waals surface area contributed by atoms with Gasteiger partial charge >= 0.3 is 5.97 Å². The quantitative estimate of drug-likeness (QED) is 0.584. The van der Waals surface area contributed by atoms with Crippen LogP contribution in [-0.2, 0) is 19.1 Å². The van der Waals surface area contributed by atoms with Crippen molar-refractivity contribution in [2.45, 2.75) is 6.10 Å². The van der Waals surface area contributed by atoms with Gasteiger partial charge in [-0.3, -0.25) is 4.79 Å². The number of benzene rings is 2. The minimum Gasteiger partial charge on any atom is -0.444 e. The van der Waals surface area contributed by atoms with Crippen LogP contribution < -0.4 is 0 Å². The summed E-state index contributed by atoms with van der Waals surface area (Å²) >= 11 is 6.09. The molecule has 1 fully saturated rings. The van der Waals surface area contributed by atoms with Gasteiger partial charge < -0.3 is 14.4 Å². The fourth-order valence-electron chi connectivity index (χ4n) is 2.76. The summed E-state index contributed by atoms with van der Waals surface area (Å²) in [5, 5.41) is 0.533. The lowest BCUT2D eigenvalue weighted by molar-refractivity contribution is -0.159. The van der Waals surface area contributed by atoms with Gasteiger partial charge in [-0.1, -0.05) is 60.1 Å². The third-order valence-electron chi connectivity index (χ3n) is 4.19. The molecule has 1 atom stereocenters. The first-order valence-electron chi connectivity index (χ1n) is 8.70. The molecule has 0 saturated carbocycles. The van der Waals surface area contributed by atoms with Crippen molar-refractivity contribution in [3.63, 3.8) is 0 Å². The number of halogens is 1. The summed E-state index contributed by atoms with van der Waals surface area (Å²) in [7, 11) is 0. The van der Waals surface area contributed by atoms with Crippen molar-refractivity contribution >= 4 is 29.6 Å². The third-order valence-corrected chi connectivity index (χ3v) is 4.53. The number of nitrogens with zero attached hydrogens (tertiary/aromatic N) is 1. The topological polar surface area (TPSA) is 55.8 Å². The normalized spacial score (nSPS) is 15.5. The molecule has 0 unspecified atom stereocenters. The SMILES string of the molecule is O=C(/C=C/c1ccccc1Cl)O[C@@H](C(=O)N1CCOCC1)c1ccccc1. The highest BCUT2D eigenvalue weighted by atomic mass is 35.5. The molecule has 0 bridgehead atoms. The maximum atomic E-state index is 12.9. The molecule has 0 aliphatic carbocycles. The summed E-state index contributed by atoms with van der Waals surface area (Å²) in [6.45, 7) is 1.92. The zero-order valence-corrected chi connectivity index (χ0v) is 15.5. The Balaban J connectivity index is 1.75. The van der Waals surface area contributed by atoms with E-state index in [4.69, 9.17) is 21.1 Å². The first-order chi connectivity index (χ1) is 13.1. The van der Waals surface area contributed by atoms with Crippen LogP contribution >= 0.6 is 11.6 Å². The zero-order valence-electron chi connectivity index (χ0n) is 14.7. The number of carbonyl (C=O) groups excluding carboxylic acids is 2. The number of hydrogen-bond acceptors (Lipinski definition) is 4. The number of morpholine rings is 1. The number of carbonyl (C=O) groups is 2. The molecule has 0 N–H and O–H groups in total. The molecule has 2 aromatic rings. The Morgan fingerprint density at radius 2 is 1.70 bits per heavy atom. The van der Waals surface area contributed by atoms with Crippen molar-refractivity contribution in [1.82, 2.24) is 4.90 Å². The second-order valence-corrected chi connectivity index (χ2v) is 6.43. The van der Waals surface area contributed by atoms with Crippen molar-refractivity contribution in [3.05, 3.63) is 76.8 Å². The summed E-state index contributed by atoms with van der Waals surface area (Å²) in [4.78, 5) is 26.9. The van der Waals surface area contributed by atoms with E-state index >= 15 is 0 Å². The molecule has 3 rings (SSSR count). The van der Waals surface area contributed by atoms with E-state index in [1.165, 1.54) is 6.08 Å². The minimum atomic E-state index is -0.993. The highest BCUT2D eigenvalue weighted by Gasteiger charge is 2.29. The van der Waals surface area contributed by atoms with E-state index < -0.39 is 12.1 Å². The zero-order chi connectivity index (χ0) is 19.1. The average molecular weight is 386 g/mol. The van der Waals surface area contributed by atoms with Crippen LogP contribution in [-0.4, -0.2) is 43.1 Å². The van der Waals surface area contributed by atoms with E-state index in [0.29, 0.717) is 42.5 Å². The number of amides is 1. The fraction of sp³-hybridized carbons (Fsp3) is 0.238. The van der Waals surface area contributed by atoms with Gasteiger partial charge in [0.25, 0.3) is 5.91 Å². The van der Waals surface area contributed by atoms with Gasteiger partial charge in [-0.2, -0.15) is 0 Å². The lowest BCUT2D eigenvalue weighted by Gasteiger charge is -2.30. The Labute approximate surface area is 163 Å². The Morgan fingerprint density at radius 1 is 1.04 bits per heavy atom. The molecular weight excluding hydrogens is 366 g/mol. The number of rotatable bonds is 5. The molecule has 1 amide bonds. The van der Waals surface area contributed by atoms with Gasteiger partial charge in [-0.25, -0.2) is 4.79 Å². The number of ether oxygens (including phenoxy) is 2. The Kier molecular flexibility index (Phi) is 6.63. The highest BCUT2D eigenvalue weighted by Crippen LogP contribution is 2.22. The lowest BCUT2D eigenvalue weighted by atomic mass is 10.1. The summed E-state index contributed by atoms with van der Waals surface area (Å²) < 4.78 is 10.8. The van der Waals surface area contributed by atoms with E-state index in [1.807, 2.05) is 30.3 Å². The van der Waals surface area contributed by atoms with Crippen LogP contribution in [0.4, 0.5) is 0 Å². The lowest BCUT2D eigenvalue weighted by Crippen LogP contribution is -2.44. The maximum Gasteiger partial charge on any atom is 0.331 e. The van der Waals surface area contributed by atoms with Crippen molar-refractivity contribution in [1.29, 1.82) is 0 Å². The molecule has 2 aromatic carbocycles. The maximum absolute atomic E-state index is 12.9. The second-order valence-electron chi connectivity index (χ2n) is 6.02. The number of esters is 1. The first-order valence-corrected chi connectivity index (χ1v) is 9.07. The van der Waals surface area contributed by atoms with Gasteiger partial charge in [0.05, 0.1) is 13.2 Å². The van der Waals surface area contributed by atoms with Crippen LogP contribution in [0.3, 0.4) is 0 Å². The van der Waals surface area contributed by atoms with Gasteiger partial charge in [0.1, 0.15) is 0 Å². The average Bonchev–Trinajstić information content (AvgIpc) is 2.72. The molecular formula is C21H20ClNO4. The molecule has 27 heavy (non-hydrogen) atoms. The van der Waals surface area contributed by atoms with Gasteiger partial charge in [0.2, 0.25) is 6.10 Å². The van der Waals surface area contributed by atoms with E-state index in [9.17, 15) is 9.59 Å². The molecule has 0 radical (unpaired) electrons. The smallest absolute Gasteiger partial charge is 0.331 e. The van der Waals surface area contributed by atoms with Gasteiger partial charge in [0.15, 0.2) is 0 Å². The summed E-state index contributed by atoms with van der Waals surface area (Å²) in [6.07, 6.45) is 1.86. The van der Waals surface area contributed by atoms with E-state index in [-0.39, 0.29) is 5.91 Å². The molecule has 1 saturated heterocycles. The van der Waals surface area contributed by atoms with E-state index in [0.717, 1.165) is 0 Å². The van der Waals surface area contributed by atoms with Gasteiger partial charge in [0, 0.05) is 29.8 Å². The fourth-order valence-corrected chi connectivity index (χ4v) is 2.96. The van der Waals surface area contributed by atoms with Crippen LogP contribution in [0.5, 0.6) is 0 Å². The third kappa shape index (κ3) is 5.18. The van der Waals surface area contributed by atoms with Gasteiger partial charge in [-0.15, -0.1) is 0 Å². The van der Waals surface area contributed by atoms with Crippen molar-refractivity contribution in [3.8, 4) is 0 Å². The Morgan fingerprint density at radius 3 is 2.41 bits per heavy atom. The molecule has 0 aromatic heterocycles. The molecule has 5 nitrogen and oxygen atoms in total. The van der Waals surface area contributed by atoms with Crippen molar-refractivity contribution < 1.29 is 19.1 Å². The molecule has 140 valence electrons. The van der Waals surface area contributed by atoms with E-state index in [2.05, 4.69) is 0 Å². The molecule has 1 aliphatic rings. The summed E-state index contributed by atoms with van der Waals surface area (Å²) in [5.74, 6) is -0.852. The predicted octanol–water partition coefficient (Wildman–Crippen LogP) is 3.50. The largest absolute Gasteiger partial charge is 0.444 e. The summed E-state index contributed by atoms with van der Waals surface area (Å²) in [5.41, 5.74) is 1.33. The van der Waals surface area contributed by atoms with E-state index in [1.54, 1.807) is 35.2 Å². The van der Waals surface area contributed by atoms with Crippen molar-refractivity contribution in [2.24, 2.45) is 0 Å². The van der Waals surface area contributed by atoms with Gasteiger partial charge in [-0.05, 0) is 17.7 Å². The monoisotopic (exact) mass is 385 g/mol. The van der Waals surface area contributed by atoms with Crippen LogP contribution in [0, 0.1) is 0 Å². The highest BCUT2D eigenvalue weighted by molar-refractivity contribution is 6.32. The molecule has 6 heteroatoms. The predicted molar refractivity (Wildman–Crippen MR) is 103 cm³/mol. The van der Waals surface area contributed by atoms with Crippen LogP contribution in [0.15, 0.2) is 60.7 Å². The first kappa shape index (κ1) is 19.1. The summed E-state index contributed by atoms with van der Waals surface area (Å²) in [6, 6.07) is 16.2. The van der Waals surface area contributed by atoms with Crippen LogP contribution in [0.2, 0.25) is 5.02 Å². The minimum absolute atomic E-state index is 0.246. The van der Waals surface area contributed by atoms with Crippen LogP contribution in [0.1, 0.15) is 17.2 Å². The molecule has 1 heterocycles. The Hall–Kier alpha value is -2.63. The number of hydrogen-bond donors (Lipinski definition) is 0. The van der Waals surface area contributed by atoms with Crippen molar-refractivity contribution in [2.75, 3.05) is 26.3 Å². The second kappa shape index (κ2) is 9.35. The molecule has 0 spiro atoms. The molecule has 1 aliphatic heterocycles. The Bertz CT molecular complexity index is 816. The van der Waals surface area contributed by atoms with Crippen LogP contribution in [0.25, 0.3) is 6.08 Å².